The minimum Gasteiger partial charge on any atom is -0.356 e. The molecule has 0 radical (unpaired) electrons. The van der Waals surface area contributed by atoms with Crippen LogP contribution in [-0.2, 0) is 9.47 Å². The third kappa shape index (κ3) is 7.92. The van der Waals surface area contributed by atoms with Crippen molar-refractivity contribution in [2.75, 3.05) is 20.0 Å². The molecule has 0 aliphatic rings. The smallest absolute Gasteiger partial charge is 0.146 e. The van der Waals surface area contributed by atoms with E-state index in [0.717, 1.165) is 13.2 Å². The summed E-state index contributed by atoms with van der Waals surface area (Å²) in [5.41, 5.74) is 0. The van der Waals surface area contributed by atoms with Crippen LogP contribution < -0.4 is 0 Å². The van der Waals surface area contributed by atoms with Crippen molar-refractivity contribution >= 4 is 0 Å². The molecule has 0 amide bonds. The van der Waals surface area contributed by atoms with E-state index in [1.165, 1.54) is 0 Å². The quantitative estimate of drug-likeness (QED) is 0.418. The third-order valence-electron chi connectivity index (χ3n) is 0.822. The molecule has 9 heavy (non-hydrogen) atoms. The van der Waals surface area contributed by atoms with Gasteiger partial charge in [-0.2, -0.15) is 0 Å². The molecule has 0 unspecified atom stereocenters. The maximum atomic E-state index is 5.11. The van der Waals surface area contributed by atoms with E-state index in [2.05, 4.69) is 13.8 Å². The molecule has 0 saturated heterocycles. The van der Waals surface area contributed by atoms with Crippen molar-refractivity contribution in [2.24, 2.45) is 5.92 Å². The van der Waals surface area contributed by atoms with Crippen LogP contribution in [0.25, 0.3) is 0 Å². The summed E-state index contributed by atoms with van der Waals surface area (Å²) in [6, 6.07) is 0. The van der Waals surface area contributed by atoms with Crippen molar-refractivity contribution in [3.8, 4) is 0 Å². The van der Waals surface area contributed by atoms with E-state index in [0.29, 0.717) is 12.7 Å². The highest BCUT2D eigenvalue weighted by Crippen LogP contribution is 1.91. The van der Waals surface area contributed by atoms with Crippen LogP contribution in [0.5, 0.6) is 0 Å². The Labute approximate surface area is 57.2 Å². The summed E-state index contributed by atoms with van der Waals surface area (Å²) in [7, 11) is 0. The van der Waals surface area contributed by atoms with E-state index >= 15 is 0 Å². The van der Waals surface area contributed by atoms with Crippen LogP contribution >= 0.6 is 0 Å². The van der Waals surface area contributed by atoms with Gasteiger partial charge in [0.15, 0.2) is 0 Å². The first-order valence-electron chi connectivity index (χ1n) is 3.42. The zero-order valence-electron chi connectivity index (χ0n) is 6.52. The normalized spacial score (nSPS) is 10.7. The molecule has 0 bridgehead atoms. The van der Waals surface area contributed by atoms with Crippen LogP contribution in [0, 0.1) is 5.92 Å². The average Bonchev–Trinajstić information content (AvgIpc) is 1.80. The summed E-state index contributed by atoms with van der Waals surface area (Å²) in [5.74, 6) is 0.602. The van der Waals surface area contributed by atoms with Gasteiger partial charge in [0.25, 0.3) is 0 Å². The van der Waals surface area contributed by atoms with Gasteiger partial charge in [-0.3, -0.25) is 0 Å². The van der Waals surface area contributed by atoms with E-state index in [1.807, 2.05) is 6.92 Å². The Bertz CT molecular complexity index is 52.9. The average molecular weight is 132 g/mol. The standard InChI is InChI=1S/C7H16O2/c1-4-8-6-9-5-7(2)3/h7H,4-6H2,1-3H3. The van der Waals surface area contributed by atoms with Gasteiger partial charge < -0.3 is 9.47 Å². The first-order chi connectivity index (χ1) is 4.27. The monoisotopic (exact) mass is 132 g/mol. The molecular weight excluding hydrogens is 116 g/mol. The Hall–Kier alpha value is -0.0800. The van der Waals surface area contributed by atoms with Gasteiger partial charge in [0.1, 0.15) is 6.79 Å². The highest BCUT2D eigenvalue weighted by atomic mass is 16.7. The van der Waals surface area contributed by atoms with Crippen molar-refractivity contribution < 1.29 is 9.47 Å². The predicted molar refractivity (Wildman–Crippen MR) is 37.3 cm³/mol. The fraction of sp³-hybridized carbons (Fsp3) is 1.00. The molecule has 0 aliphatic carbocycles. The zero-order chi connectivity index (χ0) is 7.11. The van der Waals surface area contributed by atoms with Crippen LogP contribution in [0.4, 0.5) is 0 Å². The molecule has 0 aliphatic heterocycles. The minimum atomic E-state index is 0.439. The van der Waals surface area contributed by atoms with Crippen LogP contribution in [0.15, 0.2) is 0 Å². The second-order valence-corrected chi connectivity index (χ2v) is 2.38. The molecule has 0 spiro atoms. The van der Waals surface area contributed by atoms with Gasteiger partial charge in [-0.25, -0.2) is 0 Å². The molecule has 2 heteroatoms. The largest absolute Gasteiger partial charge is 0.356 e. The highest BCUT2D eigenvalue weighted by molar-refractivity contribution is 4.36. The lowest BCUT2D eigenvalue weighted by molar-refractivity contribution is -0.0572. The Kier molecular flexibility index (Phi) is 5.99. The summed E-state index contributed by atoms with van der Waals surface area (Å²) in [6.07, 6.45) is 0. The molecule has 2 nitrogen and oxygen atoms in total. The van der Waals surface area contributed by atoms with Crippen molar-refractivity contribution in [3.63, 3.8) is 0 Å². The van der Waals surface area contributed by atoms with Gasteiger partial charge in [0.05, 0.1) is 6.61 Å². The van der Waals surface area contributed by atoms with Crippen LogP contribution in [-0.4, -0.2) is 20.0 Å². The van der Waals surface area contributed by atoms with Crippen molar-refractivity contribution in [3.05, 3.63) is 0 Å². The number of hydrogen-bond donors (Lipinski definition) is 0. The molecule has 0 aromatic carbocycles. The summed E-state index contributed by atoms with van der Waals surface area (Å²) >= 11 is 0. The Morgan fingerprint density at radius 2 is 1.89 bits per heavy atom. The van der Waals surface area contributed by atoms with Crippen molar-refractivity contribution in [1.29, 1.82) is 0 Å². The number of hydrogen-bond acceptors (Lipinski definition) is 2. The van der Waals surface area contributed by atoms with E-state index in [9.17, 15) is 0 Å². The van der Waals surface area contributed by atoms with Gasteiger partial charge in [0.2, 0.25) is 0 Å². The van der Waals surface area contributed by atoms with Crippen LogP contribution in [0.2, 0.25) is 0 Å². The molecule has 0 saturated carbocycles. The van der Waals surface area contributed by atoms with Crippen molar-refractivity contribution in [1.82, 2.24) is 0 Å². The van der Waals surface area contributed by atoms with Gasteiger partial charge in [-0.15, -0.1) is 0 Å². The van der Waals surface area contributed by atoms with E-state index in [-0.39, 0.29) is 0 Å². The van der Waals surface area contributed by atoms with Crippen LogP contribution in [0.1, 0.15) is 20.8 Å². The number of rotatable bonds is 5. The highest BCUT2D eigenvalue weighted by Gasteiger charge is 1.91. The van der Waals surface area contributed by atoms with Gasteiger partial charge >= 0.3 is 0 Å². The SMILES string of the molecule is CCOCOCC(C)C. The molecule has 0 rings (SSSR count). The Morgan fingerprint density at radius 1 is 1.22 bits per heavy atom. The summed E-state index contributed by atoms with van der Waals surface area (Å²) in [6.45, 7) is 8.16. The molecule has 0 N–H and O–H groups in total. The third-order valence-corrected chi connectivity index (χ3v) is 0.822. The topological polar surface area (TPSA) is 18.5 Å². The Morgan fingerprint density at radius 3 is 2.33 bits per heavy atom. The molecule has 0 atom stereocenters. The molecule has 0 heterocycles. The molecule has 0 aromatic heterocycles. The molecular formula is C7H16O2. The summed E-state index contributed by atoms with van der Waals surface area (Å²) in [5, 5.41) is 0. The second kappa shape index (κ2) is 6.05. The van der Waals surface area contributed by atoms with Crippen molar-refractivity contribution in [2.45, 2.75) is 20.8 Å². The lowest BCUT2D eigenvalue weighted by Gasteiger charge is -2.05. The fourth-order valence-electron chi connectivity index (χ4n) is 0.426. The van der Waals surface area contributed by atoms with Gasteiger partial charge in [-0.1, -0.05) is 13.8 Å². The molecule has 0 aromatic rings. The number of ether oxygens (including phenoxy) is 2. The lowest BCUT2D eigenvalue weighted by Crippen LogP contribution is -2.05. The maximum absolute atomic E-state index is 5.11. The summed E-state index contributed by atoms with van der Waals surface area (Å²) < 4.78 is 10.1. The molecule has 56 valence electrons. The second-order valence-electron chi connectivity index (χ2n) is 2.38. The van der Waals surface area contributed by atoms with E-state index in [1.54, 1.807) is 0 Å². The first kappa shape index (κ1) is 8.92. The zero-order valence-corrected chi connectivity index (χ0v) is 6.52. The maximum Gasteiger partial charge on any atom is 0.146 e. The van der Waals surface area contributed by atoms with Gasteiger partial charge in [0, 0.05) is 6.61 Å². The van der Waals surface area contributed by atoms with E-state index in [4.69, 9.17) is 9.47 Å². The van der Waals surface area contributed by atoms with Crippen LogP contribution in [0.3, 0.4) is 0 Å². The molecule has 0 fully saturated rings. The van der Waals surface area contributed by atoms with Gasteiger partial charge in [-0.05, 0) is 12.8 Å². The summed E-state index contributed by atoms with van der Waals surface area (Å²) in [4.78, 5) is 0. The minimum absolute atomic E-state index is 0.439. The fourth-order valence-corrected chi connectivity index (χ4v) is 0.426. The predicted octanol–water partition coefficient (Wildman–Crippen LogP) is 1.65. The first-order valence-corrected chi connectivity index (χ1v) is 3.42. The lowest BCUT2D eigenvalue weighted by atomic mass is 10.2. The van der Waals surface area contributed by atoms with E-state index < -0.39 is 0 Å². The Balaban J connectivity index is 2.75.